The Labute approximate surface area is 181 Å². The smallest absolute Gasteiger partial charge is 0.303 e. The van der Waals surface area contributed by atoms with Crippen LogP contribution in [-0.4, -0.2) is 56.4 Å². The minimum absolute atomic E-state index is 0.0563. The topological polar surface area (TPSA) is 75.9 Å². The zero-order valence-electron chi connectivity index (χ0n) is 19.6. The zero-order valence-corrected chi connectivity index (χ0v) is 16.6. The molecule has 7 nitrogen and oxygen atoms in total. The highest BCUT2D eigenvalue weighted by molar-refractivity contribution is 5.92. The summed E-state index contributed by atoms with van der Waals surface area (Å²) >= 11 is 0. The molecule has 0 unspecified atom stereocenters. The van der Waals surface area contributed by atoms with E-state index >= 15 is 0 Å². The standard InChI is InChI=1S/C21H23F3N6O/c1-29-13-17(12-26-29)15-2-3-16-11-25-20(27-18(16)10-15)28-19(31)14-4-7-30(8-5-14)9-6-21(22,23)24/h2-3,10-14H,4-9H2,1H3,(H,25,27,28,31)/i1D3. The quantitative estimate of drug-likeness (QED) is 0.662. The number of hydrogen-bond donors (Lipinski definition) is 1. The number of likely N-dealkylation sites (tertiary alicyclic amines) is 1. The Morgan fingerprint density at radius 3 is 2.77 bits per heavy atom. The van der Waals surface area contributed by atoms with E-state index < -0.39 is 19.6 Å². The molecule has 1 aliphatic rings. The first-order chi connectivity index (χ1) is 16.0. The van der Waals surface area contributed by atoms with E-state index in [0.29, 0.717) is 42.6 Å². The average molecular weight is 435 g/mol. The van der Waals surface area contributed by atoms with Gasteiger partial charge in [0.25, 0.3) is 0 Å². The van der Waals surface area contributed by atoms with Gasteiger partial charge in [-0.2, -0.15) is 18.3 Å². The van der Waals surface area contributed by atoms with Crippen LogP contribution in [0.4, 0.5) is 19.1 Å². The number of alkyl halides is 3. The second kappa shape index (κ2) is 8.62. The van der Waals surface area contributed by atoms with Crippen LogP contribution in [0.2, 0.25) is 0 Å². The van der Waals surface area contributed by atoms with Crippen molar-refractivity contribution in [3.05, 3.63) is 36.8 Å². The normalized spacial score (nSPS) is 17.8. The molecular weight excluding hydrogens is 409 g/mol. The average Bonchev–Trinajstić information content (AvgIpc) is 3.28. The number of nitrogens with zero attached hydrogens (tertiary/aromatic N) is 5. The summed E-state index contributed by atoms with van der Waals surface area (Å²) < 4.78 is 60.4. The van der Waals surface area contributed by atoms with Gasteiger partial charge >= 0.3 is 6.18 Å². The van der Waals surface area contributed by atoms with Crippen molar-refractivity contribution in [3.63, 3.8) is 0 Å². The van der Waals surface area contributed by atoms with Gasteiger partial charge in [-0.05, 0) is 37.6 Å². The summed E-state index contributed by atoms with van der Waals surface area (Å²) in [4.78, 5) is 23.0. The van der Waals surface area contributed by atoms with Crippen molar-refractivity contribution in [1.82, 2.24) is 24.6 Å². The molecule has 1 saturated heterocycles. The number of fused-ring (bicyclic) bond motifs is 1. The highest BCUT2D eigenvalue weighted by Crippen LogP contribution is 2.25. The van der Waals surface area contributed by atoms with Crippen molar-refractivity contribution in [2.45, 2.75) is 25.4 Å². The predicted molar refractivity (Wildman–Crippen MR) is 110 cm³/mol. The van der Waals surface area contributed by atoms with Gasteiger partial charge in [0.05, 0.1) is 18.1 Å². The van der Waals surface area contributed by atoms with Gasteiger partial charge in [0.2, 0.25) is 11.9 Å². The Morgan fingerprint density at radius 1 is 1.26 bits per heavy atom. The van der Waals surface area contributed by atoms with E-state index in [2.05, 4.69) is 20.4 Å². The molecule has 1 aliphatic heterocycles. The second-order valence-electron chi connectivity index (χ2n) is 7.61. The maximum atomic E-state index is 12.7. The first-order valence-corrected chi connectivity index (χ1v) is 9.90. The zero-order chi connectivity index (χ0) is 24.5. The summed E-state index contributed by atoms with van der Waals surface area (Å²) in [5.74, 6) is -0.448. The number of carbonyl (C=O) groups excluding carboxylic acids is 1. The van der Waals surface area contributed by atoms with Crippen molar-refractivity contribution in [3.8, 4) is 11.1 Å². The molecule has 10 heteroatoms. The number of amides is 1. The second-order valence-corrected chi connectivity index (χ2v) is 7.61. The number of nitrogens with one attached hydrogen (secondary N) is 1. The minimum atomic E-state index is -4.18. The van der Waals surface area contributed by atoms with E-state index in [4.69, 9.17) is 4.11 Å². The number of halogens is 3. The summed E-state index contributed by atoms with van der Waals surface area (Å²) in [5, 5.41) is 7.33. The lowest BCUT2D eigenvalue weighted by Gasteiger charge is -2.31. The molecule has 1 amide bonds. The fraction of sp³-hybridized carbons (Fsp3) is 0.429. The van der Waals surface area contributed by atoms with Crippen LogP contribution in [0.3, 0.4) is 0 Å². The summed E-state index contributed by atoms with van der Waals surface area (Å²) in [6.07, 6.45) is 0.361. The van der Waals surface area contributed by atoms with Crippen molar-refractivity contribution >= 4 is 22.8 Å². The van der Waals surface area contributed by atoms with Crippen LogP contribution in [0, 0.1) is 5.92 Å². The molecule has 1 N–H and O–H groups in total. The number of benzene rings is 1. The van der Waals surface area contributed by atoms with Crippen LogP contribution in [0.1, 0.15) is 23.4 Å². The van der Waals surface area contributed by atoms with Crippen molar-refractivity contribution in [1.29, 1.82) is 0 Å². The predicted octanol–water partition coefficient (Wildman–Crippen LogP) is 3.63. The van der Waals surface area contributed by atoms with Gasteiger partial charge in [-0.1, -0.05) is 12.1 Å². The molecule has 2 aromatic heterocycles. The SMILES string of the molecule is [2H]C([2H])([2H])n1cc(-c2ccc3cnc(NC(=O)C4CCN(CCC(F)(F)F)CC4)nc3c2)cn1. The Kier molecular flexibility index (Phi) is 4.91. The largest absolute Gasteiger partial charge is 0.390 e. The molecule has 4 rings (SSSR count). The summed E-state index contributed by atoms with van der Waals surface area (Å²) in [6.45, 7) is -1.57. The summed E-state index contributed by atoms with van der Waals surface area (Å²) in [7, 11) is 0. The molecule has 0 atom stereocenters. The highest BCUT2D eigenvalue weighted by atomic mass is 19.4. The van der Waals surface area contributed by atoms with E-state index in [1.807, 2.05) is 0 Å². The molecule has 31 heavy (non-hydrogen) atoms. The van der Waals surface area contributed by atoms with Crippen LogP contribution in [-0.2, 0) is 11.8 Å². The van der Waals surface area contributed by atoms with E-state index in [1.165, 1.54) is 12.4 Å². The van der Waals surface area contributed by atoms with Crippen LogP contribution in [0.15, 0.2) is 36.8 Å². The van der Waals surface area contributed by atoms with Gasteiger partial charge in [0.15, 0.2) is 0 Å². The molecular formula is C21H23F3N6O. The van der Waals surface area contributed by atoms with Gasteiger partial charge < -0.3 is 4.90 Å². The van der Waals surface area contributed by atoms with Crippen LogP contribution in [0.5, 0.6) is 0 Å². The van der Waals surface area contributed by atoms with Crippen LogP contribution in [0.25, 0.3) is 22.0 Å². The summed E-state index contributed by atoms with van der Waals surface area (Å²) in [6, 6.07) is 5.35. The first kappa shape index (κ1) is 17.6. The van der Waals surface area contributed by atoms with E-state index in [0.717, 1.165) is 10.1 Å². The first-order valence-electron chi connectivity index (χ1n) is 11.4. The lowest BCUT2D eigenvalue weighted by atomic mass is 9.96. The Morgan fingerprint density at radius 2 is 2.06 bits per heavy atom. The molecule has 3 heterocycles. The Bertz CT molecular complexity index is 1170. The molecule has 3 aromatic rings. The summed E-state index contributed by atoms with van der Waals surface area (Å²) in [5.41, 5.74) is 1.89. The van der Waals surface area contributed by atoms with Crippen molar-refractivity contribution < 1.29 is 22.1 Å². The van der Waals surface area contributed by atoms with E-state index in [1.54, 1.807) is 29.3 Å². The highest BCUT2D eigenvalue weighted by Gasteiger charge is 2.30. The van der Waals surface area contributed by atoms with Crippen LogP contribution >= 0.6 is 0 Å². The monoisotopic (exact) mass is 435 g/mol. The Balaban J connectivity index is 1.41. The minimum Gasteiger partial charge on any atom is -0.303 e. The molecule has 1 aromatic carbocycles. The number of aryl methyl sites for hydroxylation is 1. The molecule has 1 fully saturated rings. The van der Waals surface area contributed by atoms with Crippen molar-refractivity contribution in [2.75, 3.05) is 25.0 Å². The number of piperidine rings is 1. The van der Waals surface area contributed by atoms with Gasteiger partial charge in [-0.25, -0.2) is 9.97 Å². The third-order valence-corrected chi connectivity index (χ3v) is 5.40. The molecule has 0 spiro atoms. The fourth-order valence-electron chi connectivity index (χ4n) is 3.65. The maximum absolute atomic E-state index is 12.7. The number of anilines is 1. The third-order valence-electron chi connectivity index (χ3n) is 5.40. The number of carbonyl (C=O) groups is 1. The fourth-order valence-corrected chi connectivity index (χ4v) is 3.65. The molecule has 0 saturated carbocycles. The van der Waals surface area contributed by atoms with Crippen molar-refractivity contribution in [2.24, 2.45) is 12.9 Å². The lowest BCUT2D eigenvalue weighted by molar-refractivity contribution is -0.139. The van der Waals surface area contributed by atoms with Gasteiger partial charge in [-0.15, -0.1) is 0 Å². The molecule has 0 radical (unpaired) electrons. The molecule has 0 bridgehead atoms. The van der Waals surface area contributed by atoms with Gasteiger partial charge in [0.1, 0.15) is 0 Å². The maximum Gasteiger partial charge on any atom is 0.390 e. The van der Waals surface area contributed by atoms with Gasteiger partial charge in [0, 0.05) is 46.9 Å². The Hall–Kier alpha value is -3.01. The van der Waals surface area contributed by atoms with Crippen LogP contribution < -0.4 is 5.32 Å². The number of hydrogen-bond acceptors (Lipinski definition) is 5. The molecule has 164 valence electrons. The number of aromatic nitrogens is 4. The van der Waals surface area contributed by atoms with E-state index in [9.17, 15) is 18.0 Å². The van der Waals surface area contributed by atoms with Gasteiger partial charge in [-0.3, -0.25) is 14.8 Å². The number of rotatable bonds is 5. The van der Waals surface area contributed by atoms with E-state index in [-0.39, 0.29) is 24.3 Å². The molecule has 0 aliphatic carbocycles. The lowest BCUT2D eigenvalue weighted by Crippen LogP contribution is -2.39. The third kappa shape index (κ3) is 5.38.